The molecule has 0 bridgehead atoms. The highest BCUT2D eigenvalue weighted by atomic mass is 16.4. The number of amides is 1. The summed E-state index contributed by atoms with van der Waals surface area (Å²) in [6, 6.07) is 3.75. The molecule has 0 radical (unpaired) electrons. The van der Waals surface area contributed by atoms with Crippen LogP contribution in [0.4, 0.5) is 0 Å². The smallest absolute Gasteiger partial charge is 0.274 e. The molecule has 5 heteroatoms. The van der Waals surface area contributed by atoms with Gasteiger partial charge >= 0.3 is 0 Å². The molecule has 0 saturated heterocycles. The molecule has 1 aliphatic rings. The van der Waals surface area contributed by atoms with E-state index in [4.69, 9.17) is 8.83 Å². The number of nitrogens with one attached hydrogen (secondary N) is 1. The fourth-order valence-corrected chi connectivity index (χ4v) is 2.84. The van der Waals surface area contributed by atoms with Crippen molar-refractivity contribution in [2.24, 2.45) is 0 Å². The van der Waals surface area contributed by atoms with E-state index >= 15 is 0 Å². The highest BCUT2D eigenvalue weighted by Gasteiger charge is 2.22. The van der Waals surface area contributed by atoms with Crippen molar-refractivity contribution >= 4 is 5.91 Å². The van der Waals surface area contributed by atoms with Crippen LogP contribution in [0.5, 0.6) is 0 Å². The Labute approximate surface area is 123 Å². The third-order valence-electron chi connectivity index (χ3n) is 3.97. The van der Waals surface area contributed by atoms with Crippen molar-refractivity contribution < 1.29 is 13.6 Å². The number of furan rings is 1. The van der Waals surface area contributed by atoms with Crippen molar-refractivity contribution in [1.29, 1.82) is 0 Å². The lowest BCUT2D eigenvalue weighted by Crippen LogP contribution is -2.35. The Morgan fingerprint density at radius 1 is 1.14 bits per heavy atom. The number of rotatable bonds is 3. The van der Waals surface area contributed by atoms with Crippen molar-refractivity contribution in [3.63, 3.8) is 0 Å². The summed E-state index contributed by atoms with van der Waals surface area (Å²) in [5.41, 5.74) is 0.298. The number of hydrogen-bond acceptors (Lipinski definition) is 4. The van der Waals surface area contributed by atoms with Gasteiger partial charge in [-0.15, -0.1) is 0 Å². The largest absolute Gasteiger partial charge is 0.461 e. The maximum atomic E-state index is 12.4. The van der Waals surface area contributed by atoms with Crippen molar-refractivity contribution in [2.45, 2.75) is 51.0 Å². The summed E-state index contributed by atoms with van der Waals surface area (Å²) in [6.07, 6.45) is 11.1. The molecule has 1 saturated carbocycles. The Morgan fingerprint density at radius 3 is 2.62 bits per heavy atom. The number of nitrogens with zero attached hydrogens (tertiary/aromatic N) is 1. The van der Waals surface area contributed by atoms with Crippen LogP contribution in [0.2, 0.25) is 0 Å². The Bertz CT molecular complexity index is 566. The number of aromatic nitrogens is 1. The van der Waals surface area contributed by atoms with Gasteiger partial charge in [0.1, 0.15) is 0 Å². The van der Waals surface area contributed by atoms with E-state index in [0.717, 1.165) is 12.8 Å². The molecule has 112 valence electrons. The van der Waals surface area contributed by atoms with Gasteiger partial charge in [0.05, 0.1) is 6.26 Å². The SMILES string of the molecule is O=C(NC1CCCCCCC1)c1ncoc1-c1ccco1. The Hall–Kier alpha value is -2.04. The predicted molar refractivity (Wildman–Crippen MR) is 77.8 cm³/mol. The van der Waals surface area contributed by atoms with Gasteiger partial charge in [0.15, 0.2) is 17.8 Å². The number of hydrogen-bond donors (Lipinski definition) is 1. The zero-order valence-electron chi connectivity index (χ0n) is 12.0. The monoisotopic (exact) mass is 288 g/mol. The van der Waals surface area contributed by atoms with Gasteiger partial charge in [0.2, 0.25) is 5.76 Å². The molecule has 0 atom stereocenters. The molecule has 0 spiro atoms. The molecular weight excluding hydrogens is 268 g/mol. The first kappa shape index (κ1) is 13.9. The van der Waals surface area contributed by atoms with Crippen LogP contribution in [0, 0.1) is 0 Å². The minimum atomic E-state index is -0.180. The second-order valence-corrected chi connectivity index (χ2v) is 5.52. The van der Waals surface area contributed by atoms with Crippen LogP contribution in [0.3, 0.4) is 0 Å². The summed E-state index contributed by atoms with van der Waals surface area (Å²) in [7, 11) is 0. The molecule has 0 aromatic carbocycles. The van der Waals surface area contributed by atoms with Gasteiger partial charge < -0.3 is 14.2 Å². The maximum Gasteiger partial charge on any atom is 0.274 e. The van der Waals surface area contributed by atoms with Crippen molar-refractivity contribution in [2.75, 3.05) is 0 Å². The predicted octanol–water partition coefficient (Wildman–Crippen LogP) is 3.78. The van der Waals surface area contributed by atoms with Gasteiger partial charge in [-0.05, 0) is 25.0 Å². The lowest BCUT2D eigenvalue weighted by atomic mass is 9.96. The summed E-state index contributed by atoms with van der Waals surface area (Å²) in [6.45, 7) is 0. The van der Waals surface area contributed by atoms with Crippen LogP contribution in [0.1, 0.15) is 55.4 Å². The van der Waals surface area contributed by atoms with Gasteiger partial charge in [-0.3, -0.25) is 4.79 Å². The lowest BCUT2D eigenvalue weighted by Gasteiger charge is -2.20. The van der Waals surface area contributed by atoms with Crippen molar-refractivity contribution in [3.8, 4) is 11.5 Å². The Kier molecular flexibility index (Phi) is 4.38. The average Bonchev–Trinajstić information content (AvgIpc) is 3.10. The Morgan fingerprint density at radius 2 is 1.90 bits per heavy atom. The minimum absolute atomic E-state index is 0.180. The third kappa shape index (κ3) is 3.35. The molecular formula is C16H20N2O3. The van der Waals surface area contributed by atoms with Gasteiger partial charge in [-0.2, -0.15) is 0 Å². The summed E-state index contributed by atoms with van der Waals surface area (Å²) < 4.78 is 10.6. The molecule has 2 aromatic rings. The van der Waals surface area contributed by atoms with Crippen LogP contribution >= 0.6 is 0 Å². The maximum absolute atomic E-state index is 12.4. The van der Waals surface area contributed by atoms with Gasteiger partial charge in [-0.1, -0.05) is 32.1 Å². The second kappa shape index (κ2) is 6.61. The standard InChI is InChI=1S/C16H20N2O3/c19-16(18-12-7-4-2-1-3-5-8-12)14-15(21-11-17-14)13-9-6-10-20-13/h6,9-12H,1-5,7-8H2,(H,18,19). The van der Waals surface area contributed by atoms with Crippen LogP contribution in [0.25, 0.3) is 11.5 Å². The van der Waals surface area contributed by atoms with E-state index in [1.807, 2.05) is 0 Å². The third-order valence-corrected chi connectivity index (χ3v) is 3.97. The van der Waals surface area contributed by atoms with E-state index < -0.39 is 0 Å². The van der Waals surface area contributed by atoms with Crippen molar-refractivity contribution in [3.05, 3.63) is 30.5 Å². The zero-order chi connectivity index (χ0) is 14.5. The highest BCUT2D eigenvalue weighted by molar-refractivity contribution is 5.97. The van der Waals surface area contributed by atoms with Crippen molar-refractivity contribution in [1.82, 2.24) is 10.3 Å². The quantitative estimate of drug-likeness (QED) is 0.933. The van der Waals surface area contributed by atoms with Gasteiger partial charge in [0, 0.05) is 6.04 Å². The number of carbonyl (C=O) groups is 1. The van der Waals surface area contributed by atoms with Crippen LogP contribution in [-0.2, 0) is 0 Å². The van der Waals surface area contributed by atoms with Gasteiger partial charge in [0.25, 0.3) is 5.91 Å². The second-order valence-electron chi connectivity index (χ2n) is 5.52. The number of oxazole rings is 1. The minimum Gasteiger partial charge on any atom is -0.461 e. The van der Waals surface area contributed by atoms with Crippen LogP contribution in [0.15, 0.2) is 33.6 Å². The molecule has 21 heavy (non-hydrogen) atoms. The molecule has 3 rings (SSSR count). The average molecular weight is 288 g/mol. The first-order valence-corrected chi connectivity index (χ1v) is 7.63. The van der Waals surface area contributed by atoms with E-state index in [0.29, 0.717) is 17.2 Å². The molecule has 2 aromatic heterocycles. The first-order valence-electron chi connectivity index (χ1n) is 7.63. The molecule has 1 aliphatic carbocycles. The molecule has 1 amide bonds. The molecule has 1 fully saturated rings. The van der Waals surface area contributed by atoms with E-state index in [9.17, 15) is 4.79 Å². The molecule has 5 nitrogen and oxygen atoms in total. The Balaban J connectivity index is 1.69. The lowest BCUT2D eigenvalue weighted by molar-refractivity contribution is 0.0926. The molecule has 1 N–H and O–H groups in total. The van der Waals surface area contributed by atoms with E-state index in [2.05, 4.69) is 10.3 Å². The summed E-state index contributed by atoms with van der Waals surface area (Å²) in [4.78, 5) is 16.5. The fourth-order valence-electron chi connectivity index (χ4n) is 2.84. The fraction of sp³-hybridized carbons (Fsp3) is 0.500. The molecule has 2 heterocycles. The normalized spacial score (nSPS) is 17.1. The molecule has 0 aliphatic heterocycles. The summed E-state index contributed by atoms with van der Waals surface area (Å²) >= 11 is 0. The van der Waals surface area contributed by atoms with E-state index in [1.165, 1.54) is 38.5 Å². The summed E-state index contributed by atoms with van der Waals surface area (Å²) in [5.74, 6) is 0.736. The first-order chi connectivity index (χ1) is 10.3. The van der Waals surface area contributed by atoms with E-state index in [1.54, 1.807) is 18.4 Å². The summed E-state index contributed by atoms with van der Waals surface area (Å²) in [5, 5.41) is 3.09. The molecule has 0 unspecified atom stereocenters. The highest BCUT2D eigenvalue weighted by Crippen LogP contribution is 2.24. The van der Waals surface area contributed by atoms with Crippen LogP contribution in [-0.4, -0.2) is 16.9 Å². The van der Waals surface area contributed by atoms with Crippen LogP contribution < -0.4 is 5.32 Å². The van der Waals surface area contributed by atoms with Gasteiger partial charge in [-0.25, -0.2) is 4.98 Å². The zero-order valence-corrected chi connectivity index (χ0v) is 12.0. The topological polar surface area (TPSA) is 68.3 Å². The van der Waals surface area contributed by atoms with E-state index in [-0.39, 0.29) is 11.9 Å². The number of carbonyl (C=O) groups excluding carboxylic acids is 1.